The molecule has 0 aliphatic rings. The van der Waals surface area contributed by atoms with Crippen molar-refractivity contribution in [3.05, 3.63) is 77.2 Å². The Hall–Kier alpha value is -3.72. The molecule has 0 saturated heterocycles. The molecule has 6 nitrogen and oxygen atoms in total. The first-order valence-electron chi connectivity index (χ1n) is 8.03. The summed E-state index contributed by atoms with van der Waals surface area (Å²) >= 11 is 0. The van der Waals surface area contributed by atoms with E-state index in [0.29, 0.717) is 22.8 Å². The molecule has 0 radical (unpaired) electrons. The molecule has 3 aromatic rings. The molecule has 1 amide bonds. The van der Waals surface area contributed by atoms with Gasteiger partial charge in [0.15, 0.2) is 0 Å². The Balaban J connectivity index is 1.79. The number of hydrogen-bond donors (Lipinski definition) is 2. The van der Waals surface area contributed by atoms with E-state index in [9.17, 15) is 4.79 Å². The molecule has 0 aliphatic heterocycles. The van der Waals surface area contributed by atoms with Gasteiger partial charge in [-0.15, -0.1) is 0 Å². The van der Waals surface area contributed by atoms with Crippen LogP contribution in [0, 0.1) is 25.2 Å². The smallest absolute Gasteiger partial charge is 0.274 e. The summed E-state index contributed by atoms with van der Waals surface area (Å²) in [6, 6.07) is 16.5. The van der Waals surface area contributed by atoms with Crippen molar-refractivity contribution in [3.63, 3.8) is 0 Å². The fourth-order valence-corrected chi connectivity index (χ4v) is 2.39. The fraction of sp³-hybridized carbons (Fsp3) is 0.100. The van der Waals surface area contributed by atoms with E-state index in [0.717, 1.165) is 11.1 Å². The normalized spacial score (nSPS) is 10.0. The van der Waals surface area contributed by atoms with Crippen molar-refractivity contribution in [1.29, 1.82) is 5.26 Å². The molecule has 0 spiro atoms. The summed E-state index contributed by atoms with van der Waals surface area (Å²) in [5, 5.41) is 15.0. The van der Waals surface area contributed by atoms with Gasteiger partial charge in [-0.25, -0.2) is 9.97 Å². The number of amides is 1. The number of aromatic nitrogens is 2. The zero-order valence-electron chi connectivity index (χ0n) is 14.4. The Labute approximate surface area is 151 Å². The van der Waals surface area contributed by atoms with Crippen LogP contribution < -0.4 is 10.6 Å². The van der Waals surface area contributed by atoms with E-state index in [1.807, 2.05) is 38.1 Å². The lowest BCUT2D eigenvalue weighted by Crippen LogP contribution is -2.14. The Morgan fingerprint density at radius 3 is 2.62 bits per heavy atom. The van der Waals surface area contributed by atoms with Crippen molar-refractivity contribution in [2.75, 3.05) is 10.6 Å². The van der Waals surface area contributed by atoms with Crippen molar-refractivity contribution in [2.24, 2.45) is 0 Å². The molecule has 0 fully saturated rings. The molecule has 2 N–H and O–H groups in total. The van der Waals surface area contributed by atoms with Crippen LogP contribution in [0.5, 0.6) is 0 Å². The minimum atomic E-state index is -0.327. The Kier molecular flexibility index (Phi) is 4.90. The number of nitrogens with zero attached hydrogens (tertiary/aromatic N) is 3. The third-order valence-corrected chi connectivity index (χ3v) is 3.97. The van der Waals surface area contributed by atoms with E-state index in [2.05, 4.69) is 26.7 Å². The first-order valence-corrected chi connectivity index (χ1v) is 8.03. The van der Waals surface area contributed by atoms with Crippen LogP contribution in [0.2, 0.25) is 0 Å². The second-order valence-corrected chi connectivity index (χ2v) is 5.82. The predicted molar refractivity (Wildman–Crippen MR) is 100 cm³/mol. The van der Waals surface area contributed by atoms with Crippen molar-refractivity contribution < 1.29 is 4.79 Å². The number of benzene rings is 2. The van der Waals surface area contributed by atoms with E-state index in [1.54, 1.807) is 24.3 Å². The molecule has 6 heteroatoms. The molecule has 26 heavy (non-hydrogen) atoms. The number of rotatable bonds is 4. The standard InChI is InChI=1S/C20H17N5O/c1-13-7-8-16(9-14(13)2)24-20(26)18-10-19(23-12-22-18)25-17-6-4-3-5-15(17)11-21/h3-10,12H,1-2H3,(H,24,26)(H,22,23,25). The summed E-state index contributed by atoms with van der Waals surface area (Å²) < 4.78 is 0. The van der Waals surface area contributed by atoms with Gasteiger partial charge in [-0.05, 0) is 49.2 Å². The van der Waals surface area contributed by atoms with Crippen LogP contribution in [-0.2, 0) is 0 Å². The third-order valence-electron chi connectivity index (χ3n) is 3.97. The summed E-state index contributed by atoms with van der Waals surface area (Å²) in [6.07, 6.45) is 1.31. The van der Waals surface area contributed by atoms with Gasteiger partial charge < -0.3 is 10.6 Å². The maximum atomic E-state index is 12.5. The lowest BCUT2D eigenvalue weighted by molar-refractivity contribution is 0.102. The zero-order chi connectivity index (χ0) is 18.5. The zero-order valence-corrected chi connectivity index (χ0v) is 14.4. The van der Waals surface area contributed by atoms with Crippen LogP contribution in [-0.4, -0.2) is 15.9 Å². The Morgan fingerprint density at radius 1 is 1.04 bits per heavy atom. The Morgan fingerprint density at radius 2 is 1.85 bits per heavy atom. The van der Waals surface area contributed by atoms with E-state index in [4.69, 9.17) is 5.26 Å². The summed E-state index contributed by atoms with van der Waals surface area (Å²) in [4.78, 5) is 20.6. The number of hydrogen-bond acceptors (Lipinski definition) is 5. The second-order valence-electron chi connectivity index (χ2n) is 5.82. The van der Waals surface area contributed by atoms with Gasteiger partial charge in [0, 0.05) is 11.8 Å². The molecule has 0 bridgehead atoms. The van der Waals surface area contributed by atoms with Gasteiger partial charge in [-0.1, -0.05) is 18.2 Å². The quantitative estimate of drug-likeness (QED) is 0.748. The third kappa shape index (κ3) is 3.84. The number of anilines is 3. The minimum Gasteiger partial charge on any atom is -0.339 e. The van der Waals surface area contributed by atoms with Gasteiger partial charge in [0.1, 0.15) is 23.9 Å². The first-order chi connectivity index (χ1) is 12.6. The summed E-state index contributed by atoms with van der Waals surface area (Å²) in [7, 11) is 0. The van der Waals surface area contributed by atoms with Crippen molar-refractivity contribution in [2.45, 2.75) is 13.8 Å². The number of para-hydroxylation sites is 1. The van der Waals surface area contributed by atoms with Gasteiger partial charge in [-0.2, -0.15) is 5.26 Å². The van der Waals surface area contributed by atoms with Crippen molar-refractivity contribution in [3.8, 4) is 6.07 Å². The number of carbonyl (C=O) groups excluding carboxylic acids is 1. The lowest BCUT2D eigenvalue weighted by Gasteiger charge is -2.09. The van der Waals surface area contributed by atoms with E-state index in [-0.39, 0.29) is 11.6 Å². The van der Waals surface area contributed by atoms with Crippen molar-refractivity contribution >= 4 is 23.1 Å². The molecule has 0 saturated carbocycles. The molecule has 0 aliphatic carbocycles. The molecule has 1 aromatic heterocycles. The van der Waals surface area contributed by atoms with Crippen LogP contribution in [0.1, 0.15) is 27.2 Å². The number of nitrogens with one attached hydrogen (secondary N) is 2. The summed E-state index contributed by atoms with van der Waals surface area (Å²) in [6.45, 7) is 4.01. The highest BCUT2D eigenvalue weighted by atomic mass is 16.1. The Bertz CT molecular complexity index is 1010. The SMILES string of the molecule is Cc1ccc(NC(=O)c2cc(Nc3ccccc3C#N)ncn2)cc1C. The highest BCUT2D eigenvalue weighted by molar-refractivity contribution is 6.03. The van der Waals surface area contributed by atoms with E-state index < -0.39 is 0 Å². The van der Waals surface area contributed by atoms with Crippen molar-refractivity contribution in [1.82, 2.24) is 9.97 Å². The number of nitriles is 1. The predicted octanol–water partition coefficient (Wildman–Crippen LogP) is 3.96. The molecular weight excluding hydrogens is 326 g/mol. The largest absolute Gasteiger partial charge is 0.339 e. The molecule has 2 aromatic carbocycles. The van der Waals surface area contributed by atoms with E-state index >= 15 is 0 Å². The summed E-state index contributed by atoms with van der Waals surface area (Å²) in [5.41, 5.74) is 4.31. The van der Waals surface area contributed by atoms with Gasteiger partial charge in [0.2, 0.25) is 0 Å². The maximum absolute atomic E-state index is 12.5. The average molecular weight is 343 g/mol. The maximum Gasteiger partial charge on any atom is 0.274 e. The highest BCUT2D eigenvalue weighted by Gasteiger charge is 2.11. The minimum absolute atomic E-state index is 0.232. The van der Waals surface area contributed by atoms with Gasteiger partial charge >= 0.3 is 0 Å². The number of carbonyl (C=O) groups is 1. The number of aryl methyl sites for hydroxylation is 2. The lowest BCUT2D eigenvalue weighted by atomic mass is 10.1. The summed E-state index contributed by atoms with van der Waals surface area (Å²) in [5.74, 6) is 0.111. The van der Waals surface area contributed by atoms with Crippen LogP contribution in [0.25, 0.3) is 0 Å². The van der Waals surface area contributed by atoms with Gasteiger partial charge in [-0.3, -0.25) is 4.79 Å². The molecular formula is C20H17N5O. The molecule has 3 rings (SSSR count). The molecule has 0 unspecified atom stereocenters. The molecule has 0 atom stereocenters. The molecule has 1 heterocycles. The van der Waals surface area contributed by atoms with Crippen LogP contribution in [0.3, 0.4) is 0 Å². The second kappa shape index (κ2) is 7.45. The van der Waals surface area contributed by atoms with Gasteiger partial charge in [0.25, 0.3) is 5.91 Å². The topological polar surface area (TPSA) is 90.7 Å². The highest BCUT2D eigenvalue weighted by Crippen LogP contribution is 2.19. The fourth-order valence-electron chi connectivity index (χ4n) is 2.39. The van der Waals surface area contributed by atoms with E-state index in [1.165, 1.54) is 6.33 Å². The van der Waals surface area contributed by atoms with Gasteiger partial charge in [0.05, 0.1) is 11.3 Å². The van der Waals surface area contributed by atoms with Crippen LogP contribution in [0.15, 0.2) is 54.9 Å². The average Bonchev–Trinajstić information content (AvgIpc) is 2.65. The molecule has 128 valence electrons. The monoisotopic (exact) mass is 343 g/mol. The van der Waals surface area contributed by atoms with Crippen LogP contribution >= 0.6 is 0 Å². The van der Waals surface area contributed by atoms with Crippen LogP contribution in [0.4, 0.5) is 17.2 Å². The first kappa shape index (κ1) is 17.1.